The lowest BCUT2D eigenvalue weighted by Gasteiger charge is -2.31. The Kier molecular flexibility index (Phi) is 7.07. The molecular formula is C23H29NO5. The number of Topliss-reactive ketones (excluding diaryl/α,β-unsaturated/α-hetero) is 1. The van der Waals surface area contributed by atoms with E-state index >= 15 is 0 Å². The summed E-state index contributed by atoms with van der Waals surface area (Å²) in [6, 6.07) is 6.48. The number of carbonyl (C=O) groups excluding carboxylic acids is 3. The number of nitrogens with one attached hydrogen (secondary N) is 1. The van der Waals surface area contributed by atoms with Gasteiger partial charge in [0, 0.05) is 12.0 Å². The molecule has 0 unspecified atom stereocenters. The Labute approximate surface area is 172 Å². The predicted molar refractivity (Wildman–Crippen MR) is 109 cm³/mol. The average Bonchev–Trinajstić information content (AvgIpc) is 3.01. The van der Waals surface area contributed by atoms with Crippen molar-refractivity contribution in [2.24, 2.45) is 5.41 Å². The SMILES string of the molecule is CCOC(=O)[C@]1([C@H](C#Cc2ccc(C)cc2)NC(=O)OC(C)(C)C)CCCC1=O. The van der Waals surface area contributed by atoms with Crippen LogP contribution >= 0.6 is 0 Å². The van der Waals surface area contributed by atoms with Gasteiger partial charge in [-0.05, 0) is 59.6 Å². The molecule has 0 radical (unpaired) electrons. The maximum absolute atomic E-state index is 12.8. The van der Waals surface area contributed by atoms with Gasteiger partial charge in [-0.2, -0.15) is 0 Å². The van der Waals surface area contributed by atoms with E-state index in [0.717, 1.165) is 11.1 Å². The van der Waals surface area contributed by atoms with Gasteiger partial charge in [0.25, 0.3) is 0 Å². The highest BCUT2D eigenvalue weighted by Gasteiger charge is 2.56. The standard InChI is InChI=1S/C23H29NO5/c1-6-28-20(26)23(15-7-8-19(23)25)18(24-21(27)29-22(3,4)5)14-13-17-11-9-16(2)10-12-17/h9-12,18H,6-8,15H2,1-5H3,(H,24,27)/t18-,23-/m0/s1. The molecule has 0 spiro atoms. The Morgan fingerprint density at radius 3 is 2.41 bits per heavy atom. The normalized spacial score (nSPS) is 19.7. The smallest absolute Gasteiger partial charge is 0.408 e. The minimum absolute atomic E-state index is 0.137. The second-order valence-electron chi connectivity index (χ2n) is 8.18. The van der Waals surface area contributed by atoms with Gasteiger partial charge in [-0.25, -0.2) is 4.79 Å². The highest BCUT2D eigenvalue weighted by atomic mass is 16.6. The van der Waals surface area contributed by atoms with Crippen LogP contribution in [0.5, 0.6) is 0 Å². The molecule has 0 bridgehead atoms. The van der Waals surface area contributed by atoms with E-state index in [9.17, 15) is 14.4 Å². The monoisotopic (exact) mass is 399 g/mol. The molecule has 1 aliphatic rings. The number of esters is 1. The first-order valence-electron chi connectivity index (χ1n) is 9.87. The van der Waals surface area contributed by atoms with Gasteiger partial charge in [0.2, 0.25) is 0 Å². The Morgan fingerprint density at radius 2 is 1.90 bits per heavy atom. The van der Waals surface area contributed by atoms with Crippen LogP contribution in [0.3, 0.4) is 0 Å². The van der Waals surface area contributed by atoms with E-state index in [4.69, 9.17) is 9.47 Å². The third-order valence-electron chi connectivity index (χ3n) is 4.68. The van der Waals surface area contributed by atoms with Crippen LogP contribution < -0.4 is 5.32 Å². The number of hydrogen-bond donors (Lipinski definition) is 1. The van der Waals surface area contributed by atoms with E-state index < -0.39 is 29.1 Å². The number of ketones is 1. The molecule has 0 aliphatic heterocycles. The molecule has 2 atom stereocenters. The molecule has 6 nitrogen and oxygen atoms in total. The van der Waals surface area contributed by atoms with Crippen molar-refractivity contribution in [3.05, 3.63) is 35.4 Å². The van der Waals surface area contributed by atoms with Gasteiger partial charge < -0.3 is 14.8 Å². The van der Waals surface area contributed by atoms with E-state index in [1.807, 2.05) is 31.2 Å². The fraction of sp³-hybridized carbons (Fsp3) is 0.522. The van der Waals surface area contributed by atoms with Crippen LogP contribution in [0.1, 0.15) is 58.1 Å². The van der Waals surface area contributed by atoms with Gasteiger partial charge in [-0.15, -0.1) is 0 Å². The topological polar surface area (TPSA) is 81.7 Å². The highest BCUT2D eigenvalue weighted by molar-refractivity contribution is 6.07. The summed E-state index contributed by atoms with van der Waals surface area (Å²) in [5.74, 6) is 5.00. The zero-order chi connectivity index (χ0) is 21.7. The Hall–Kier alpha value is -2.81. The van der Waals surface area contributed by atoms with E-state index in [1.54, 1.807) is 27.7 Å². The fourth-order valence-corrected chi connectivity index (χ4v) is 3.29. The molecule has 1 aromatic rings. The average molecular weight is 399 g/mol. The van der Waals surface area contributed by atoms with Crippen molar-refractivity contribution in [2.75, 3.05) is 6.61 Å². The third kappa shape index (κ3) is 5.60. The Balaban J connectivity index is 2.44. The first-order valence-corrected chi connectivity index (χ1v) is 9.87. The maximum Gasteiger partial charge on any atom is 0.408 e. The number of ether oxygens (including phenoxy) is 2. The van der Waals surface area contributed by atoms with Crippen LogP contribution in [0.4, 0.5) is 4.79 Å². The van der Waals surface area contributed by atoms with Crippen LogP contribution in [0.15, 0.2) is 24.3 Å². The molecule has 1 aromatic carbocycles. The lowest BCUT2D eigenvalue weighted by Crippen LogP contribution is -2.55. The van der Waals surface area contributed by atoms with Gasteiger partial charge in [0.1, 0.15) is 11.6 Å². The number of hydrogen-bond acceptors (Lipinski definition) is 5. The predicted octanol–water partition coefficient (Wildman–Crippen LogP) is 3.54. The van der Waals surface area contributed by atoms with Crippen LogP contribution in [0.25, 0.3) is 0 Å². The van der Waals surface area contributed by atoms with Crippen molar-refractivity contribution in [3.8, 4) is 11.8 Å². The van der Waals surface area contributed by atoms with Crippen LogP contribution in [0, 0.1) is 24.2 Å². The minimum Gasteiger partial charge on any atom is -0.465 e. The number of amides is 1. The molecular weight excluding hydrogens is 370 g/mol. The second-order valence-corrected chi connectivity index (χ2v) is 8.18. The largest absolute Gasteiger partial charge is 0.465 e. The molecule has 6 heteroatoms. The summed E-state index contributed by atoms with van der Waals surface area (Å²) in [5.41, 5.74) is -0.440. The summed E-state index contributed by atoms with van der Waals surface area (Å²) in [6.45, 7) is 9.00. The molecule has 1 aliphatic carbocycles. The van der Waals surface area contributed by atoms with E-state index in [-0.39, 0.29) is 25.2 Å². The van der Waals surface area contributed by atoms with E-state index in [1.165, 1.54) is 0 Å². The molecule has 0 saturated heterocycles. The van der Waals surface area contributed by atoms with E-state index in [0.29, 0.717) is 6.42 Å². The molecule has 1 N–H and O–H groups in total. The molecule has 0 heterocycles. The van der Waals surface area contributed by atoms with Crippen molar-refractivity contribution >= 4 is 17.8 Å². The zero-order valence-corrected chi connectivity index (χ0v) is 17.8. The lowest BCUT2D eigenvalue weighted by molar-refractivity contribution is -0.159. The first kappa shape index (κ1) is 22.5. The van der Waals surface area contributed by atoms with Crippen LogP contribution in [-0.2, 0) is 19.1 Å². The highest BCUT2D eigenvalue weighted by Crippen LogP contribution is 2.39. The lowest BCUT2D eigenvalue weighted by atomic mass is 9.77. The summed E-state index contributed by atoms with van der Waals surface area (Å²) in [7, 11) is 0. The molecule has 1 amide bonds. The summed E-state index contributed by atoms with van der Waals surface area (Å²) < 4.78 is 10.5. The summed E-state index contributed by atoms with van der Waals surface area (Å²) in [6.07, 6.45) is 0.325. The van der Waals surface area contributed by atoms with Crippen LogP contribution in [-0.4, -0.2) is 36.1 Å². The molecule has 1 saturated carbocycles. The number of benzene rings is 1. The van der Waals surface area contributed by atoms with Gasteiger partial charge in [0.05, 0.1) is 6.61 Å². The van der Waals surface area contributed by atoms with Crippen molar-refractivity contribution in [1.29, 1.82) is 0 Å². The Bertz CT molecular complexity index is 826. The van der Waals surface area contributed by atoms with Gasteiger partial charge in [-0.1, -0.05) is 29.5 Å². The Morgan fingerprint density at radius 1 is 1.24 bits per heavy atom. The van der Waals surface area contributed by atoms with Gasteiger partial charge >= 0.3 is 12.1 Å². The maximum atomic E-state index is 12.8. The molecule has 156 valence electrons. The van der Waals surface area contributed by atoms with Crippen molar-refractivity contribution in [3.63, 3.8) is 0 Å². The number of rotatable bonds is 4. The number of alkyl carbamates (subject to hydrolysis) is 1. The second kappa shape index (κ2) is 9.13. The van der Waals surface area contributed by atoms with Gasteiger partial charge in [0.15, 0.2) is 11.2 Å². The number of carbonyl (C=O) groups is 3. The molecule has 29 heavy (non-hydrogen) atoms. The summed E-state index contributed by atoms with van der Waals surface area (Å²) in [4.78, 5) is 38.1. The minimum atomic E-state index is -1.52. The van der Waals surface area contributed by atoms with Gasteiger partial charge in [-0.3, -0.25) is 9.59 Å². The van der Waals surface area contributed by atoms with E-state index in [2.05, 4.69) is 17.2 Å². The third-order valence-corrected chi connectivity index (χ3v) is 4.68. The zero-order valence-electron chi connectivity index (χ0n) is 17.8. The van der Waals surface area contributed by atoms with Crippen molar-refractivity contribution < 1.29 is 23.9 Å². The van der Waals surface area contributed by atoms with Crippen molar-refractivity contribution in [1.82, 2.24) is 5.32 Å². The molecule has 1 fully saturated rings. The number of aryl methyl sites for hydroxylation is 1. The van der Waals surface area contributed by atoms with Crippen LogP contribution in [0.2, 0.25) is 0 Å². The fourth-order valence-electron chi connectivity index (χ4n) is 3.29. The first-order chi connectivity index (χ1) is 13.6. The summed E-state index contributed by atoms with van der Waals surface area (Å²) >= 11 is 0. The molecule has 0 aromatic heterocycles. The summed E-state index contributed by atoms with van der Waals surface area (Å²) in [5, 5.41) is 2.65. The van der Waals surface area contributed by atoms with Crippen molar-refractivity contribution in [2.45, 2.75) is 65.5 Å². The quantitative estimate of drug-likeness (QED) is 0.476. The molecule has 2 rings (SSSR count).